The number of hydrogen-bond acceptors (Lipinski definition) is 3. The fourth-order valence-corrected chi connectivity index (χ4v) is 0.453. The number of carbonyl (C=O) groups is 1. The molecule has 1 aromatic rings. The molecule has 0 aliphatic carbocycles. The first-order chi connectivity index (χ1) is 6.34. The molecule has 5 N–H and O–H groups in total. The quantitative estimate of drug-likeness (QED) is 0.572. The van der Waals surface area contributed by atoms with E-state index in [1.165, 1.54) is 13.8 Å². The first-order valence-corrected chi connectivity index (χ1v) is 4.17. The van der Waals surface area contributed by atoms with Crippen LogP contribution in [0.15, 0.2) is 30.3 Å². The largest absolute Gasteiger partial charge is 0.399 e. The van der Waals surface area contributed by atoms with Gasteiger partial charge in [0.25, 0.3) is 0 Å². The van der Waals surface area contributed by atoms with Gasteiger partial charge >= 0.3 is 0 Å². The summed E-state index contributed by atoms with van der Waals surface area (Å²) in [4.78, 5) is 9.99. The molecule has 0 aromatic heterocycles. The normalized spacial score (nSPS) is 9.93. The maximum atomic E-state index is 9.99. The van der Waals surface area contributed by atoms with E-state index in [0.29, 0.717) is 0 Å². The van der Waals surface area contributed by atoms with E-state index >= 15 is 0 Å². The molecule has 0 radical (unpaired) electrons. The Kier molecular flexibility index (Phi) is 4.66. The number of para-hydroxylation sites is 1. The van der Waals surface area contributed by atoms with Crippen LogP contribution in [0.25, 0.3) is 0 Å². The number of nitrogen functional groups attached to an aromatic ring is 1. The summed E-state index contributed by atoms with van der Waals surface area (Å²) in [5.41, 5.74) is 9.50. The maximum absolute atomic E-state index is 9.99. The summed E-state index contributed by atoms with van der Waals surface area (Å²) in [7, 11) is 0. The topological polar surface area (TPSA) is 89.3 Å². The molecule has 1 rings (SSSR count). The Hall–Kier alpha value is -1.55. The fourth-order valence-electron chi connectivity index (χ4n) is 0.453. The van der Waals surface area contributed by atoms with Gasteiger partial charge < -0.3 is 16.6 Å². The lowest BCUT2D eigenvalue weighted by Gasteiger charge is -2.09. The van der Waals surface area contributed by atoms with E-state index in [9.17, 15) is 4.79 Å². The zero-order valence-electron chi connectivity index (χ0n) is 8.40. The van der Waals surface area contributed by atoms with Crippen LogP contribution in [0.2, 0.25) is 0 Å². The minimum Gasteiger partial charge on any atom is -0.399 e. The van der Waals surface area contributed by atoms with Gasteiger partial charge in [-0.2, -0.15) is 0 Å². The average molecular weight is 196 g/mol. The SMILES string of the molecule is CC(C)(O)C(N)=O.Nc1ccccc1. The lowest BCUT2D eigenvalue weighted by atomic mass is 10.1. The minimum absolute atomic E-state index is 0.701. The summed E-state index contributed by atoms with van der Waals surface area (Å²) in [6.07, 6.45) is 0. The highest BCUT2D eigenvalue weighted by Gasteiger charge is 2.18. The molecule has 0 saturated heterocycles. The number of amides is 1. The summed E-state index contributed by atoms with van der Waals surface area (Å²) in [5, 5.41) is 8.62. The summed E-state index contributed by atoms with van der Waals surface area (Å²) in [5.74, 6) is -0.701. The van der Waals surface area contributed by atoms with Crippen LogP contribution < -0.4 is 11.5 Å². The summed E-state index contributed by atoms with van der Waals surface area (Å²) < 4.78 is 0. The van der Waals surface area contributed by atoms with Crippen molar-refractivity contribution in [2.75, 3.05) is 5.73 Å². The van der Waals surface area contributed by atoms with Crippen LogP contribution in [0.4, 0.5) is 5.69 Å². The Morgan fingerprint density at radius 3 is 1.79 bits per heavy atom. The van der Waals surface area contributed by atoms with Crippen molar-refractivity contribution in [2.24, 2.45) is 5.73 Å². The number of benzene rings is 1. The Balaban J connectivity index is 0.000000241. The molecule has 1 aromatic carbocycles. The zero-order valence-corrected chi connectivity index (χ0v) is 8.40. The van der Waals surface area contributed by atoms with Gasteiger partial charge in [-0.15, -0.1) is 0 Å². The van der Waals surface area contributed by atoms with Crippen molar-refractivity contribution in [1.82, 2.24) is 0 Å². The Bertz CT molecular complexity index is 278. The highest BCUT2D eigenvalue weighted by molar-refractivity contribution is 5.81. The van der Waals surface area contributed by atoms with Gasteiger partial charge in [0.05, 0.1) is 0 Å². The van der Waals surface area contributed by atoms with E-state index in [1.807, 2.05) is 30.3 Å². The van der Waals surface area contributed by atoms with Gasteiger partial charge in [0.2, 0.25) is 5.91 Å². The molecule has 0 aliphatic heterocycles. The number of primary amides is 1. The van der Waals surface area contributed by atoms with Crippen LogP contribution in [0.1, 0.15) is 13.8 Å². The second-order valence-corrected chi connectivity index (χ2v) is 3.33. The average Bonchev–Trinajstić information content (AvgIpc) is 2.04. The van der Waals surface area contributed by atoms with Crippen LogP contribution in [0.5, 0.6) is 0 Å². The van der Waals surface area contributed by atoms with Gasteiger partial charge in [0.1, 0.15) is 5.60 Å². The van der Waals surface area contributed by atoms with Crippen molar-refractivity contribution >= 4 is 11.6 Å². The van der Waals surface area contributed by atoms with Gasteiger partial charge in [-0.05, 0) is 26.0 Å². The summed E-state index contributed by atoms with van der Waals surface area (Å²) in [6.45, 7) is 2.69. The van der Waals surface area contributed by atoms with Crippen LogP contribution in [-0.2, 0) is 4.79 Å². The van der Waals surface area contributed by atoms with E-state index in [2.05, 4.69) is 5.73 Å². The molecular formula is C10H16N2O2. The molecule has 0 heterocycles. The molecule has 0 bridgehead atoms. The molecule has 1 amide bonds. The lowest BCUT2D eigenvalue weighted by Crippen LogP contribution is -2.37. The molecule has 0 fully saturated rings. The predicted molar refractivity (Wildman–Crippen MR) is 56.3 cm³/mol. The van der Waals surface area contributed by atoms with Crippen molar-refractivity contribution in [3.8, 4) is 0 Å². The Labute approximate surface area is 83.5 Å². The van der Waals surface area contributed by atoms with Crippen molar-refractivity contribution in [1.29, 1.82) is 0 Å². The summed E-state index contributed by atoms with van der Waals surface area (Å²) in [6, 6.07) is 9.49. The first-order valence-electron chi connectivity index (χ1n) is 4.17. The third-order valence-corrected chi connectivity index (χ3v) is 1.40. The third kappa shape index (κ3) is 6.02. The molecule has 14 heavy (non-hydrogen) atoms. The van der Waals surface area contributed by atoms with Crippen LogP contribution in [-0.4, -0.2) is 16.6 Å². The van der Waals surface area contributed by atoms with E-state index < -0.39 is 11.5 Å². The second-order valence-electron chi connectivity index (χ2n) is 3.33. The molecular weight excluding hydrogens is 180 g/mol. The number of carbonyl (C=O) groups excluding carboxylic acids is 1. The number of hydrogen-bond donors (Lipinski definition) is 3. The van der Waals surface area contributed by atoms with Gasteiger partial charge in [0, 0.05) is 5.69 Å². The Morgan fingerprint density at radius 1 is 1.29 bits per heavy atom. The molecule has 0 unspecified atom stereocenters. The van der Waals surface area contributed by atoms with Crippen LogP contribution >= 0.6 is 0 Å². The predicted octanol–water partition coefficient (Wildman–Crippen LogP) is 0.511. The standard InChI is InChI=1S/C6H7N.C4H9NO2/c7-6-4-2-1-3-5-6;1-4(2,7)3(5)6/h1-5H,7H2;7H,1-2H3,(H2,5,6). The highest BCUT2D eigenvalue weighted by atomic mass is 16.3. The first kappa shape index (κ1) is 12.4. The van der Waals surface area contributed by atoms with Gasteiger partial charge in [-0.25, -0.2) is 0 Å². The van der Waals surface area contributed by atoms with Gasteiger partial charge in [0.15, 0.2) is 0 Å². The number of anilines is 1. The van der Waals surface area contributed by atoms with E-state index in [1.54, 1.807) is 0 Å². The van der Waals surface area contributed by atoms with Crippen LogP contribution in [0.3, 0.4) is 0 Å². The number of nitrogens with two attached hydrogens (primary N) is 2. The third-order valence-electron chi connectivity index (χ3n) is 1.40. The van der Waals surface area contributed by atoms with Crippen molar-refractivity contribution in [3.05, 3.63) is 30.3 Å². The highest BCUT2D eigenvalue weighted by Crippen LogP contribution is 1.96. The Morgan fingerprint density at radius 2 is 1.64 bits per heavy atom. The minimum atomic E-state index is -1.36. The fraction of sp³-hybridized carbons (Fsp3) is 0.300. The van der Waals surface area contributed by atoms with E-state index in [0.717, 1.165) is 5.69 Å². The molecule has 0 aliphatic rings. The molecule has 4 nitrogen and oxygen atoms in total. The van der Waals surface area contributed by atoms with Crippen molar-refractivity contribution in [2.45, 2.75) is 19.4 Å². The van der Waals surface area contributed by atoms with E-state index in [-0.39, 0.29) is 0 Å². The number of aliphatic hydroxyl groups is 1. The molecule has 78 valence electrons. The van der Waals surface area contributed by atoms with Gasteiger partial charge in [-0.3, -0.25) is 4.79 Å². The summed E-state index contributed by atoms with van der Waals surface area (Å²) >= 11 is 0. The smallest absolute Gasteiger partial charge is 0.248 e. The second kappa shape index (κ2) is 5.24. The van der Waals surface area contributed by atoms with Crippen molar-refractivity contribution in [3.63, 3.8) is 0 Å². The van der Waals surface area contributed by atoms with Gasteiger partial charge in [-0.1, -0.05) is 18.2 Å². The monoisotopic (exact) mass is 196 g/mol. The maximum Gasteiger partial charge on any atom is 0.248 e. The molecule has 0 atom stereocenters. The van der Waals surface area contributed by atoms with Crippen LogP contribution in [0, 0.1) is 0 Å². The number of rotatable bonds is 1. The lowest BCUT2D eigenvalue weighted by molar-refractivity contribution is -0.132. The zero-order chi connectivity index (χ0) is 11.2. The molecule has 0 saturated carbocycles. The molecule has 4 heteroatoms. The van der Waals surface area contributed by atoms with Crippen molar-refractivity contribution < 1.29 is 9.90 Å². The van der Waals surface area contributed by atoms with E-state index in [4.69, 9.17) is 10.8 Å². The molecule has 0 spiro atoms.